The topological polar surface area (TPSA) is 102 Å². The summed E-state index contributed by atoms with van der Waals surface area (Å²) in [5, 5.41) is 20.3. The maximum absolute atomic E-state index is 12.7. The number of carbonyl (C=O) groups is 2. The largest absolute Gasteiger partial charge is 0.332 e. The van der Waals surface area contributed by atoms with E-state index in [0.717, 1.165) is 16.1 Å². The number of carbonyl (C=O) groups excluding carboxylic acids is 2. The van der Waals surface area contributed by atoms with Crippen molar-refractivity contribution in [1.82, 2.24) is 15.1 Å². The van der Waals surface area contributed by atoms with E-state index in [4.69, 9.17) is 11.6 Å². The Kier molecular flexibility index (Phi) is 5.09. The van der Waals surface area contributed by atoms with Crippen molar-refractivity contribution in [2.45, 2.75) is 19.9 Å². The van der Waals surface area contributed by atoms with E-state index >= 15 is 0 Å². The summed E-state index contributed by atoms with van der Waals surface area (Å²) in [5.41, 5.74) is 3.01. The molecule has 1 aromatic carbocycles. The van der Waals surface area contributed by atoms with Gasteiger partial charge in [-0.2, -0.15) is 10.4 Å². The third kappa shape index (κ3) is 3.75. The first-order valence-electron chi connectivity index (χ1n) is 8.89. The van der Waals surface area contributed by atoms with Gasteiger partial charge >= 0.3 is 0 Å². The summed E-state index contributed by atoms with van der Waals surface area (Å²) in [6.07, 6.45) is 0.556. The van der Waals surface area contributed by atoms with Gasteiger partial charge in [0.15, 0.2) is 0 Å². The number of aromatic amines is 1. The minimum Gasteiger partial charge on any atom is -0.332 e. The molecule has 0 unspecified atom stereocenters. The van der Waals surface area contributed by atoms with E-state index in [2.05, 4.69) is 21.6 Å². The van der Waals surface area contributed by atoms with E-state index in [1.165, 1.54) is 11.3 Å². The van der Waals surface area contributed by atoms with Crippen LogP contribution in [0.1, 0.15) is 42.5 Å². The standard InChI is InChI=1S/C20H16ClN5O2S/c1-11-8-16(25-24-11)20(28)26-7-6-14-15(9-22)19(29-17(14)10-26)23-18(27)12-2-4-13(21)5-3-12/h2-5,8H,6-7,10H2,1H3,(H,23,27)(H,24,25). The maximum Gasteiger partial charge on any atom is 0.274 e. The number of aryl methyl sites for hydroxylation is 1. The van der Waals surface area contributed by atoms with Crippen molar-refractivity contribution < 1.29 is 9.59 Å². The molecule has 4 rings (SSSR count). The van der Waals surface area contributed by atoms with E-state index in [1.54, 1.807) is 35.2 Å². The molecule has 1 aliphatic rings. The molecule has 0 atom stereocenters. The molecule has 0 aliphatic carbocycles. The highest BCUT2D eigenvalue weighted by atomic mass is 35.5. The summed E-state index contributed by atoms with van der Waals surface area (Å²) >= 11 is 7.20. The second kappa shape index (κ2) is 7.70. The van der Waals surface area contributed by atoms with Crippen LogP contribution < -0.4 is 5.32 Å². The van der Waals surface area contributed by atoms with Gasteiger partial charge < -0.3 is 10.2 Å². The molecule has 2 N–H and O–H groups in total. The molecule has 146 valence electrons. The van der Waals surface area contributed by atoms with Crippen molar-refractivity contribution in [2.24, 2.45) is 0 Å². The monoisotopic (exact) mass is 425 g/mol. The Bertz CT molecular complexity index is 1140. The van der Waals surface area contributed by atoms with Crippen LogP contribution in [0.5, 0.6) is 0 Å². The van der Waals surface area contributed by atoms with Crippen molar-refractivity contribution >= 4 is 39.8 Å². The van der Waals surface area contributed by atoms with E-state index in [0.29, 0.717) is 46.4 Å². The van der Waals surface area contributed by atoms with Crippen molar-refractivity contribution in [3.8, 4) is 6.07 Å². The van der Waals surface area contributed by atoms with E-state index < -0.39 is 0 Å². The zero-order valence-corrected chi connectivity index (χ0v) is 17.0. The molecule has 0 saturated carbocycles. The van der Waals surface area contributed by atoms with Crippen LogP contribution in [-0.4, -0.2) is 33.5 Å². The fraction of sp³-hybridized carbons (Fsp3) is 0.200. The number of fused-ring (bicyclic) bond motifs is 1. The maximum atomic E-state index is 12.7. The van der Waals surface area contributed by atoms with Crippen LogP contribution in [0.15, 0.2) is 30.3 Å². The van der Waals surface area contributed by atoms with Crippen LogP contribution in [-0.2, 0) is 13.0 Å². The number of nitrogens with zero attached hydrogens (tertiary/aromatic N) is 3. The Labute approximate surface area is 175 Å². The van der Waals surface area contributed by atoms with E-state index in [1.807, 2.05) is 6.92 Å². The summed E-state index contributed by atoms with van der Waals surface area (Å²) in [5.74, 6) is -0.463. The number of H-pyrrole nitrogens is 1. The lowest BCUT2D eigenvalue weighted by Crippen LogP contribution is -2.35. The summed E-state index contributed by atoms with van der Waals surface area (Å²) in [6.45, 7) is 2.72. The van der Waals surface area contributed by atoms with Gasteiger partial charge in [0.2, 0.25) is 0 Å². The van der Waals surface area contributed by atoms with Crippen molar-refractivity contribution in [2.75, 3.05) is 11.9 Å². The Hall–Kier alpha value is -3.15. The first-order chi connectivity index (χ1) is 14.0. The van der Waals surface area contributed by atoms with Gasteiger partial charge in [0, 0.05) is 27.7 Å². The number of hydrogen-bond donors (Lipinski definition) is 2. The number of anilines is 1. The fourth-order valence-corrected chi connectivity index (χ4v) is 4.58. The van der Waals surface area contributed by atoms with Gasteiger partial charge in [-0.15, -0.1) is 11.3 Å². The van der Waals surface area contributed by atoms with E-state index in [9.17, 15) is 14.9 Å². The first kappa shape index (κ1) is 19.2. The summed E-state index contributed by atoms with van der Waals surface area (Å²) in [7, 11) is 0. The lowest BCUT2D eigenvalue weighted by atomic mass is 10.0. The van der Waals surface area contributed by atoms with Gasteiger partial charge in [-0.3, -0.25) is 14.7 Å². The minimum atomic E-state index is -0.309. The van der Waals surface area contributed by atoms with Crippen LogP contribution >= 0.6 is 22.9 Å². The highest BCUT2D eigenvalue weighted by Crippen LogP contribution is 2.37. The quantitative estimate of drug-likeness (QED) is 0.667. The van der Waals surface area contributed by atoms with Gasteiger partial charge in [0.1, 0.15) is 16.8 Å². The van der Waals surface area contributed by atoms with E-state index in [-0.39, 0.29) is 11.8 Å². The number of halogens is 1. The summed E-state index contributed by atoms with van der Waals surface area (Å²) in [4.78, 5) is 27.8. The molecule has 29 heavy (non-hydrogen) atoms. The molecule has 1 aliphatic heterocycles. The highest BCUT2D eigenvalue weighted by Gasteiger charge is 2.29. The molecule has 2 aromatic heterocycles. The van der Waals surface area contributed by atoms with Gasteiger partial charge in [-0.25, -0.2) is 0 Å². The summed E-state index contributed by atoms with van der Waals surface area (Å²) < 4.78 is 0. The molecule has 0 fully saturated rings. The number of nitriles is 1. The van der Waals surface area contributed by atoms with Crippen LogP contribution in [0, 0.1) is 18.3 Å². The minimum absolute atomic E-state index is 0.154. The average Bonchev–Trinajstić information content (AvgIpc) is 3.30. The molecule has 2 amide bonds. The van der Waals surface area contributed by atoms with Crippen LogP contribution in [0.2, 0.25) is 5.02 Å². The SMILES string of the molecule is Cc1cc(C(=O)N2CCc3c(sc(NC(=O)c4ccc(Cl)cc4)c3C#N)C2)n[nH]1. The van der Waals surface area contributed by atoms with Crippen molar-refractivity contribution in [1.29, 1.82) is 5.26 Å². The van der Waals surface area contributed by atoms with Crippen LogP contribution in [0.25, 0.3) is 0 Å². The molecule has 0 spiro atoms. The molecule has 9 heteroatoms. The Morgan fingerprint density at radius 3 is 2.76 bits per heavy atom. The van der Waals surface area contributed by atoms with Gasteiger partial charge in [0.05, 0.1) is 12.1 Å². The molecule has 3 aromatic rings. The van der Waals surface area contributed by atoms with Gasteiger partial charge in [-0.05, 0) is 49.2 Å². The molecular weight excluding hydrogens is 410 g/mol. The Morgan fingerprint density at radius 1 is 1.34 bits per heavy atom. The van der Waals surface area contributed by atoms with Crippen molar-refractivity contribution in [3.63, 3.8) is 0 Å². The number of nitrogens with one attached hydrogen (secondary N) is 2. The second-order valence-corrected chi connectivity index (χ2v) is 8.24. The number of aromatic nitrogens is 2. The third-order valence-corrected chi connectivity index (χ3v) is 6.10. The normalized spacial score (nSPS) is 12.9. The number of amides is 2. The zero-order valence-electron chi connectivity index (χ0n) is 15.5. The Balaban J connectivity index is 1.56. The highest BCUT2D eigenvalue weighted by molar-refractivity contribution is 7.16. The Morgan fingerprint density at radius 2 is 2.10 bits per heavy atom. The first-order valence-corrected chi connectivity index (χ1v) is 10.1. The zero-order chi connectivity index (χ0) is 20.5. The molecule has 0 radical (unpaired) electrons. The van der Waals surface area contributed by atoms with Crippen LogP contribution in [0.3, 0.4) is 0 Å². The van der Waals surface area contributed by atoms with Gasteiger partial charge in [0.25, 0.3) is 11.8 Å². The molecule has 0 saturated heterocycles. The predicted octanol–water partition coefficient (Wildman–Crippen LogP) is 3.76. The van der Waals surface area contributed by atoms with Gasteiger partial charge in [-0.1, -0.05) is 11.6 Å². The summed E-state index contributed by atoms with van der Waals surface area (Å²) in [6, 6.07) is 10.5. The number of rotatable bonds is 3. The third-order valence-electron chi connectivity index (χ3n) is 4.71. The fourth-order valence-electron chi connectivity index (χ4n) is 3.25. The number of benzene rings is 1. The average molecular weight is 426 g/mol. The number of hydrogen-bond acceptors (Lipinski definition) is 5. The lowest BCUT2D eigenvalue weighted by molar-refractivity contribution is 0.0731. The number of thiophene rings is 1. The lowest BCUT2D eigenvalue weighted by Gasteiger charge is -2.26. The molecule has 7 nitrogen and oxygen atoms in total. The van der Waals surface area contributed by atoms with Crippen molar-refractivity contribution in [3.05, 3.63) is 68.3 Å². The molecule has 0 bridgehead atoms. The molecule has 3 heterocycles. The second-order valence-electron chi connectivity index (χ2n) is 6.69. The predicted molar refractivity (Wildman–Crippen MR) is 110 cm³/mol. The molecular formula is C20H16ClN5O2S. The van der Waals surface area contributed by atoms with Crippen LogP contribution in [0.4, 0.5) is 5.00 Å². The smallest absolute Gasteiger partial charge is 0.274 e.